The first-order chi connectivity index (χ1) is 5.72. The topological polar surface area (TPSA) is 33.7 Å². The number of carbonyl (C=O) groups is 1. The minimum absolute atomic E-state index is 0.296. The molecule has 0 aliphatic heterocycles. The first kappa shape index (κ1) is 11.1. The van der Waals surface area contributed by atoms with Crippen molar-refractivity contribution in [2.45, 2.75) is 0 Å². The summed E-state index contributed by atoms with van der Waals surface area (Å²) < 4.78 is 0. The molecule has 3 heteroatoms. The van der Waals surface area contributed by atoms with Gasteiger partial charge >= 0.3 is 0 Å². The Morgan fingerprint density at radius 1 is 1.25 bits per heavy atom. The van der Waals surface area contributed by atoms with Gasteiger partial charge in [0.2, 0.25) is 0 Å². The smallest absolute Gasteiger partial charge is 0.0647 e. The van der Waals surface area contributed by atoms with Crippen molar-refractivity contribution in [2.24, 2.45) is 0 Å². The number of quaternary nitrogens is 1. The molecule has 0 radical (unpaired) electrons. The normalized spacial score (nSPS) is 8.17. The molecule has 0 heterocycles. The fraction of sp³-hybridized carbons (Fsp3) is 0.222. The van der Waals surface area contributed by atoms with Crippen molar-refractivity contribution >= 4 is 17.7 Å². The quantitative estimate of drug-likeness (QED) is 0.630. The third-order valence-electron chi connectivity index (χ3n) is 1.01. The molecule has 0 atom stereocenters. The fourth-order valence-electron chi connectivity index (χ4n) is 0.574. The van der Waals surface area contributed by atoms with E-state index in [0.29, 0.717) is 5.56 Å². The van der Waals surface area contributed by atoms with Gasteiger partial charge < -0.3 is 22.7 Å². The van der Waals surface area contributed by atoms with Gasteiger partial charge in [0, 0.05) is 5.12 Å². The van der Waals surface area contributed by atoms with Crippen molar-refractivity contribution in [3.63, 3.8) is 0 Å². The Kier molecular flexibility index (Phi) is 6.24. The molecule has 0 amide bonds. The molecule has 0 saturated carbocycles. The second-order valence-electron chi connectivity index (χ2n) is 2.23. The molecular weight excluding hydrogens is 170 g/mol. The van der Waals surface area contributed by atoms with E-state index in [1.54, 1.807) is 24.3 Å². The molecule has 1 aromatic carbocycles. The van der Waals surface area contributed by atoms with E-state index >= 15 is 0 Å². The van der Waals surface area contributed by atoms with Gasteiger partial charge in [0.15, 0.2) is 0 Å². The Bertz CT molecular complexity index is 223. The lowest BCUT2D eigenvalue weighted by atomic mass is 10.2. The summed E-state index contributed by atoms with van der Waals surface area (Å²) in [5.41, 5.74) is 0.590. The minimum Gasteiger partial charge on any atom is -0.737 e. The van der Waals surface area contributed by atoms with Crippen LogP contribution in [0.4, 0.5) is 0 Å². The zero-order chi connectivity index (χ0) is 9.40. The van der Waals surface area contributed by atoms with Gasteiger partial charge in [0.1, 0.15) is 0 Å². The summed E-state index contributed by atoms with van der Waals surface area (Å²) in [4.78, 5) is 10.5. The van der Waals surface area contributed by atoms with Crippen molar-refractivity contribution in [3.8, 4) is 0 Å². The Balaban J connectivity index is 0.000000354. The number of hydrogen-bond acceptors (Lipinski definition) is 2. The van der Waals surface area contributed by atoms with Crippen LogP contribution in [0.25, 0.3) is 0 Å². The highest BCUT2D eigenvalue weighted by Crippen LogP contribution is 1.96. The molecule has 0 aliphatic carbocycles. The highest BCUT2D eigenvalue weighted by molar-refractivity contribution is 7.77. The number of carbonyl (C=O) groups excluding carboxylic acids is 1. The summed E-state index contributed by atoms with van der Waals surface area (Å²) in [6.07, 6.45) is 0. The van der Waals surface area contributed by atoms with Gasteiger partial charge in [-0.25, -0.2) is 0 Å². The van der Waals surface area contributed by atoms with Crippen LogP contribution in [0, 0.1) is 0 Å². The molecular formula is C9H13NOS. The van der Waals surface area contributed by atoms with Crippen molar-refractivity contribution in [2.75, 3.05) is 14.1 Å². The van der Waals surface area contributed by atoms with Crippen LogP contribution in [-0.2, 0) is 12.6 Å². The lowest BCUT2D eigenvalue weighted by Gasteiger charge is -2.00. The third kappa shape index (κ3) is 4.82. The van der Waals surface area contributed by atoms with Gasteiger partial charge in [-0.1, -0.05) is 30.3 Å². The third-order valence-corrected chi connectivity index (χ3v) is 1.25. The molecule has 2 nitrogen and oxygen atoms in total. The van der Waals surface area contributed by atoms with Gasteiger partial charge in [0.25, 0.3) is 0 Å². The van der Waals surface area contributed by atoms with E-state index < -0.39 is 0 Å². The molecule has 0 aromatic heterocycles. The summed E-state index contributed by atoms with van der Waals surface area (Å²) in [6.45, 7) is 0. The Morgan fingerprint density at radius 2 is 1.67 bits per heavy atom. The van der Waals surface area contributed by atoms with Gasteiger partial charge in [0.05, 0.1) is 14.1 Å². The van der Waals surface area contributed by atoms with Crippen LogP contribution in [0.2, 0.25) is 0 Å². The molecule has 0 unspecified atom stereocenters. The molecule has 66 valence electrons. The summed E-state index contributed by atoms with van der Waals surface area (Å²) in [5, 5.41) is 1.70. The molecule has 1 rings (SSSR count). The van der Waals surface area contributed by atoms with Crippen LogP contribution >= 0.6 is 0 Å². The molecule has 0 aliphatic rings. The zero-order valence-corrected chi connectivity index (χ0v) is 8.10. The first-order valence-corrected chi connectivity index (χ1v) is 4.13. The van der Waals surface area contributed by atoms with Gasteiger partial charge in [-0.3, -0.25) is 0 Å². The predicted octanol–water partition coefficient (Wildman–Crippen LogP) is 0.183. The standard InChI is InChI=1S/C7H6OS.C2H7N/c8-7(9)6-4-2-1-3-5-6;1-3-2/h1-5H,(H,8,9);3H,1-2H3. The van der Waals surface area contributed by atoms with E-state index in [2.05, 4.69) is 12.6 Å². The average Bonchev–Trinajstić information content (AvgIpc) is 2.07. The summed E-state index contributed by atoms with van der Waals surface area (Å²) in [6, 6.07) is 8.84. The lowest BCUT2D eigenvalue weighted by molar-refractivity contribution is -0.597. The van der Waals surface area contributed by atoms with E-state index in [4.69, 9.17) is 0 Å². The van der Waals surface area contributed by atoms with E-state index in [9.17, 15) is 4.79 Å². The number of nitrogens with two attached hydrogens (primary N) is 1. The molecule has 0 saturated heterocycles. The highest BCUT2D eigenvalue weighted by atomic mass is 32.1. The Hall–Kier alpha value is -0.930. The van der Waals surface area contributed by atoms with Crippen molar-refractivity contribution < 1.29 is 10.1 Å². The Labute approximate surface area is 78.4 Å². The second kappa shape index (κ2) is 6.76. The molecule has 2 N–H and O–H groups in total. The number of rotatable bonds is 1. The fourth-order valence-corrected chi connectivity index (χ4v) is 0.710. The van der Waals surface area contributed by atoms with Crippen LogP contribution < -0.4 is 5.32 Å². The van der Waals surface area contributed by atoms with E-state index in [-0.39, 0.29) is 5.12 Å². The van der Waals surface area contributed by atoms with E-state index in [1.807, 2.05) is 25.5 Å². The lowest BCUT2D eigenvalue weighted by Crippen LogP contribution is -2.74. The van der Waals surface area contributed by atoms with Gasteiger partial charge in [-0.2, -0.15) is 0 Å². The van der Waals surface area contributed by atoms with Crippen LogP contribution in [-0.4, -0.2) is 19.2 Å². The van der Waals surface area contributed by atoms with E-state index in [0.717, 1.165) is 0 Å². The Morgan fingerprint density at radius 3 is 1.92 bits per heavy atom. The summed E-state index contributed by atoms with van der Waals surface area (Å²) in [5.74, 6) is 0. The number of benzene rings is 1. The van der Waals surface area contributed by atoms with Crippen molar-refractivity contribution in [3.05, 3.63) is 35.9 Å². The summed E-state index contributed by atoms with van der Waals surface area (Å²) in [7, 11) is 4.00. The van der Waals surface area contributed by atoms with Crippen molar-refractivity contribution in [1.82, 2.24) is 0 Å². The largest absolute Gasteiger partial charge is 0.737 e. The maximum atomic E-state index is 10.5. The minimum atomic E-state index is -0.296. The second-order valence-corrected chi connectivity index (χ2v) is 2.60. The van der Waals surface area contributed by atoms with E-state index in [1.165, 1.54) is 0 Å². The van der Waals surface area contributed by atoms with Crippen LogP contribution in [0.1, 0.15) is 10.4 Å². The summed E-state index contributed by atoms with van der Waals surface area (Å²) >= 11 is 4.41. The highest BCUT2D eigenvalue weighted by Gasteiger charge is 1.84. The average molecular weight is 183 g/mol. The molecule has 1 aromatic rings. The SMILES string of the molecule is C[NH2+]C.O=C([S-])c1ccccc1. The predicted molar refractivity (Wildman–Crippen MR) is 51.9 cm³/mol. The maximum Gasteiger partial charge on any atom is 0.0647 e. The maximum absolute atomic E-state index is 10.5. The zero-order valence-electron chi connectivity index (χ0n) is 7.28. The monoisotopic (exact) mass is 183 g/mol. The van der Waals surface area contributed by atoms with Gasteiger partial charge in [-0.15, -0.1) is 0 Å². The molecule has 0 bridgehead atoms. The molecule has 0 spiro atoms. The first-order valence-electron chi connectivity index (χ1n) is 3.72. The van der Waals surface area contributed by atoms with Crippen LogP contribution in [0.3, 0.4) is 0 Å². The molecule has 12 heavy (non-hydrogen) atoms. The molecule has 0 fully saturated rings. The van der Waals surface area contributed by atoms with Crippen LogP contribution in [0.15, 0.2) is 30.3 Å². The number of hydrogen-bond donors (Lipinski definition) is 1. The van der Waals surface area contributed by atoms with Crippen molar-refractivity contribution in [1.29, 1.82) is 0 Å². The van der Waals surface area contributed by atoms with Crippen LogP contribution in [0.5, 0.6) is 0 Å². The van der Waals surface area contributed by atoms with Gasteiger partial charge in [-0.05, 0) is 5.56 Å².